The van der Waals surface area contributed by atoms with Crippen LogP contribution in [0.4, 0.5) is 0 Å². The van der Waals surface area contributed by atoms with Gasteiger partial charge in [-0.15, -0.1) is 0 Å². The lowest BCUT2D eigenvalue weighted by Crippen LogP contribution is -2.30. The second-order valence-electron chi connectivity index (χ2n) is 17.8. The molecular weight excluding hydrogens is 721 g/mol. The van der Waals surface area contributed by atoms with Gasteiger partial charge in [-0.2, -0.15) is 0 Å². The fraction of sp³-hybridized carbons (Fsp3) is 0.942. The molecule has 6 nitrogen and oxygen atoms in total. The highest BCUT2D eigenvalue weighted by molar-refractivity contribution is 5.71. The molecule has 0 fully saturated rings. The molecule has 1 atom stereocenters. The zero-order valence-corrected chi connectivity index (χ0v) is 39.3. The largest absolute Gasteiger partial charge is 0.462 e. The lowest BCUT2D eigenvalue weighted by Gasteiger charge is -2.18. The van der Waals surface area contributed by atoms with Crippen molar-refractivity contribution in [1.29, 1.82) is 0 Å². The maximum Gasteiger partial charge on any atom is 0.306 e. The molecular formula is C52H100O6. The normalized spacial score (nSPS) is 11.8. The van der Waals surface area contributed by atoms with Gasteiger partial charge in [0.2, 0.25) is 0 Å². The third-order valence-corrected chi connectivity index (χ3v) is 11.9. The van der Waals surface area contributed by atoms with Crippen LogP contribution in [0.5, 0.6) is 0 Å². The molecule has 0 aliphatic rings. The molecule has 0 aliphatic heterocycles. The average Bonchev–Trinajstić information content (AvgIpc) is 3.22. The first-order valence-corrected chi connectivity index (χ1v) is 26.0. The highest BCUT2D eigenvalue weighted by Crippen LogP contribution is 2.17. The summed E-state index contributed by atoms with van der Waals surface area (Å²) >= 11 is 0. The van der Waals surface area contributed by atoms with Gasteiger partial charge in [-0.25, -0.2) is 0 Å². The molecule has 0 rings (SSSR count). The fourth-order valence-electron chi connectivity index (χ4n) is 7.92. The Hall–Kier alpha value is -1.59. The second kappa shape index (κ2) is 48.1. The summed E-state index contributed by atoms with van der Waals surface area (Å²) in [5, 5.41) is 0. The Morgan fingerprint density at radius 3 is 0.690 bits per heavy atom. The van der Waals surface area contributed by atoms with Crippen molar-refractivity contribution in [3.05, 3.63) is 0 Å². The lowest BCUT2D eigenvalue weighted by molar-refractivity contribution is -0.167. The molecule has 0 unspecified atom stereocenters. The minimum absolute atomic E-state index is 0.0620. The summed E-state index contributed by atoms with van der Waals surface area (Å²) in [6, 6.07) is 0. The van der Waals surface area contributed by atoms with Crippen molar-refractivity contribution in [3.63, 3.8) is 0 Å². The van der Waals surface area contributed by atoms with Crippen LogP contribution in [0.2, 0.25) is 0 Å². The van der Waals surface area contributed by atoms with E-state index in [0.29, 0.717) is 19.3 Å². The molecule has 0 aromatic rings. The third-order valence-electron chi connectivity index (χ3n) is 11.9. The highest BCUT2D eigenvalue weighted by Gasteiger charge is 2.19. The zero-order chi connectivity index (χ0) is 42.3. The average molecular weight is 821 g/mol. The van der Waals surface area contributed by atoms with Crippen LogP contribution in [0.3, 0.4) is 0 Å². The van der Waals surface area contributed by atoms with Gasteiger partial charge in [0.1, 0.15) is 13.2 Å². The minimum atomic E-state index is -0.759. The number of esters is 3. The molecule has 0 aromatic heterocycles. The Balaban J connectivity index is 4.25. The van der Waals surface area contributed by atoms with Crippen LogP contribution in [-0.4, -0.2) is 37.2 Å². The van der Waals surface area contributed by atoms with Gasteiger partial charge >= 0.3 is 17.9 Å². The van der Waals surface area contributed by atoms with Crippen molar-refractivity contribution in [3.8, 4) is 0 Å². The first kappa shape index (κ1) is 56.4. The summed E-state index contributed by atoms with van der Waals surface area (Å²) in [4.78, 5) is 37.9. The van der Waals surface area contributed by atoms with Crippen molar-refractivity contribution >= 4 is 17.9 Å². The van der Waals surface area contributed by atoms with Crippen molar-refractivity contribution in [2.75, 3.05) is 13.2 Å². The molecule has 0 bridgehead atoms. The van der Waals surface area contributed by atoms with E-state index in [1.54, 1.807) is 0 Å². The summed E-state index contributed by atoms with van der Waals surface area (Å²) in [5.74, 6) is -0.843. The predicted octanol–water partition coefficient (Wildman–Crippen LogP) is 16.8. The van der Waals surface area contributed by atoms with E-state index in [1.807, 2.05) is 0 Å². The van der Waals surface area contributed by atoms with Crippen LogP contribution in [0, 0.1) is 0 Å². The van der Waals surface area contributed by atoms with E-state index in [-0.39, 0.29) is 31.1 Å². The molecule has 0 N–H and O–H groups in total. The quantitative estimate of drug-likeness (QED) is 0.0346. The Morgan fingerprint density at radius 2 is 0.466 bits per heavy atom. The molecule has 0 aromatic carbocycles. The summed E-state index contributed by atoms with van der Waals surface area (Å²) in [6.45, 7) is 6.66. The number of unbranched alkanes of at least 4 members (excludes halogenated alkanes) is 37. The summed E-state index contributed by atoms with van der Waals surface area (Å²) in [6.07, 6.45) is 50.9. The molecule has 0 spiro atoms. The number of hydrogen-bond acceptors (Lipinski definition) is 6. The SMILES string of the molecule is CCCCCCCCCCCCCCCCCCCC(=O)O[C@H](COC(=O)CCCCCCCCCCC)COC(=O)CCCCCCCCCCCCCCCC. The second-order valence-corrected chi connectivity index (χ2v) is 17.8. The van der Waals surface area contributed by atoms with Crippen LogP contribution in [0.15, 0.2) is 0 Å². The Labute approximate surface area is 361 Å². The smallest absolute Gasteiger partial charge is 0.306 e. The van der Waals surface area contributed by atoms with Gasteiger partial charge in [-0.1, -0.05) is 258 Å². The van der Waals surface area contributed by atoms with Gasteiger partial charge in [-0.3, -0.25) is 14.4 Å². The number of carbonyl (C=O) groups is 3. The van der Waals surface area contributed by atoms with Crippen molar-refractivity contribution in [2.24, 2.45) is 0 Å². The topological polar surface area (TPSA) is 78.9 Å². The molecule has 0 saturated heterocycles. The predicted molar refractivity (Wildman–Crippen MR) is 247 cm³/mol. The maximum absolute atomic E-state index is 12.8. The minimum Gasteiger partial charge on any atom is -0.462 e. The summed E-state index contributed by atoms with van der Waals surface area (Å²) in [5.41, 5.74) is 0. The van der Waals surface area contributed by atoms with Gasteiger partial charge < -0.3 is 14.2 Å². The van der Waals surface area contributed by atoms with E-state index >= 15 is 0 Å². The monoisotopic (exact) mass is 821 g/mol. The molecule has 0 saturated carbocycles. The van der Waals surface area contributed by atoms with E-state index < -0.39 is 6.10 Å². The first-order chi connectivity index (χ1) is 28.5. The van der Waals surface area contributed by atoms with Crippen LogP contribution in [-0.2, 0) is 28.6 Å². The Kier molecular flexibility index (Phi) is 46.8. The van der Waals surface area contributed by atoms with Crippen LogP contribution in [0.25, 0.3) is 0 Å². The molecule has 0 radical (unpaired) electrons. The van der Waals surface area contributed by atoms with E-state index in [2.05, 4.69) is 20.8 Å². The van der Waals surface area contributed by atoms with E-state index in [0.717, 1.165) is 57.8 Å². The van der Waals surface area contributed by atoms with Gasteiger partial charge in [0.05, 0.1) is 0 Å². The van der Waals surface area contributed by atoms with E-state index in [9.17, 15) is 14.4 Å². The summed E-state index contributed by atoms with van der Waals surface area (Å²) < 4.78 is 16.8. The number of ether oxygens (including phenoxy) is 3. The molecule has 0 heterocycles. The first-order valence-electron chi connectivity index (χ1n) is 26.0. The maximum atomic E-state index is 12.8. The lowest BCUT2D eigenvalue weighted by atomic mass is 10.0. The standard InChI is InChI=1S/C52H100O6/c1-4-7-10-13-16-19-21-23-25-26-27-29-31-34-37-40-43-46-52(55)58-49(47-56-50(53)44-41-38-35-32-18-15-12-9-6-3)48-57-51(54)45-42-39-36-33-30-28-24-22-20-17-14-11-8-5-2/h49H,4-48H2,1-3H3/t49-/m1/s1. The van der Waals surface area contributed by atoms with Gasteiger partial charge in [-0.05, 0) is 19.3 Å². The van der Waals surface area contributed by atoms with Crippen LogP contribution < -0.4 is 0 Å². The van der Waals surface area contributed by atoms with Gasteiger partial charge in [0, 0.05) is 19.3 Å². The van der Waals surface area contributed by atoms with Gasteiger partial charge in [0.25, 0.3) is 0 Å². The number of rotatable bonds is 48. The van der Waals surface area contributed by atoms with E-state index in [4.69, 9.17) is 14.2 Å². The van der Waals surface area contributed by atoms with Crippen molar-refractivity contribution < 1.29 is 28.6 Å². The van der Waals surface area contributed by atoms with E-state index in [1.165, 1.54) is 199 Å². The molecule has 0 aliphatic carbocycles. The molecule has 58 heavy (non-hydrogen) atoms. The Bertz CT molecular complexity index is 859. The van der Waals surface area contributed by atoms with Gasteiger partial charge in [0.15, 0.2) is 6.10 Å². The van der Waals surface area contributed by atoms with Crippen molar-refractivity contribution in [2.45, 2.75) is 303 Å². The zero-order valence-electron chi connectivity index (χ0n) is 39.3. The third kappa shape index (κ3) is 45.5. The molecule has 0 amide bonds. The summed E-state index contributed by atoms with van der Waals surface area (Å²) in [7, 11) is 0. The van der Waals surface area contributed by atoms with Crippen LogP contribution in [0.1, 0.15) is 297 Å². The molecule has 6 heteroatoms. The fourth-order valence-corrected chi connectivity index (χ4v) is 7.92. The van der Waals surface area contributed by atoms with Crippen molar-refractivity contribution in [1.82, 2.24) is 0 Å². The highest BCUT2D eigenvalue weighted by atomic mass is 16.6. The van der Waals surface area contributed by atoms with Crippen LogP contribution >= 0.6 is 0 Å². The molecule has 344 valence electrons. The Morgan fingerprint density at radius 1 is 0.276 bits per heavy atom. The number of carbonyl (C=O) groups excluding carboxylic acids is 3. The number of hydrogen-bond donors (Lipinski definition) is 0.